The van der Waals surface area contributed by atoms with Gasteiger partial charge in [-0.15, -0.1) is 0 Å². The fourth-order valence-corrected chi connectivity index (χ4v) is 3.22. The van der Waals surface area contributed by atoms with Crippen molar-refractivity contribution in [3.8, 4) is 0 Å². The molecular weight excluding hydrogens is 322 g/mol. The van der Waals surface area contributed by atoms with Crippen LogP contribution in [0, 0.1) is 11.6 Å². The first kappa shape index (κ1) is 15.6. The van der Waals surface area contributed by atoms with E-state index in [9.17, 15) is 17.8 Å². The molecule has 0 aliphatic heterocycles. The summed E-state index contributed by atoms with van der Waals surface area (Å²) in [6, 6.07) is 6.63. The summed E-state index contributed by atoms with van der Waals surface area (Å²) in [6.45, 7) is 0. The van der Waals surface area contributed by atoms with Crippen LogP contribution in [0.1, 0.15) is 15.9 Å². The molecule has 1 unspecified atom stereocenters. The SMILES string of the molecule is O=C(O)c1ccc(F)c(S(=O)Cc2ccc(F)cc2Cl)c1. The zero-order valence-corrected chi connectivity index (χ0v) is 12.0. The average Bonchev–Trinajstić information content (AvgIpc) is 2.42. The van der Waals surface area contributed by atoms with E-state index in [0.29, 0.717) is 5.56 Å². The van der Waals surface area contributed by atoms with Gasteiger partial charge in [-0.1, -0.05) is 17.7 Å². The van der Waals surface area contributed by atoms with Gasteiger partial charge in [0.1, 0.15) is 11.6 Å². The van der Waals surface area contributed by atoms with E-state index in [1.54, 1.807) is 0 Å². The molecule has 1 N–H and O–H groups in total. The second-order valence-corrected chi connectivity index (χ2v) is 6.00. The molecule has 0 spiro atoms. The highest BCUT2D eigenvalue weighted by Crippen LogP contribution is 2.23. The standard InChI is InChI=1S/C14H9ClF2O3S/c15-11-6-10(16)3-1-9(11)7-21(20)13-5-8(14(18)19)2-4-12(13)17/h1-6H,7H2,(H,18,19). The minimum Gasteiger partial charge on any atom is -0.478 e. The van der Waals surface area contributed by atoms with Gasteiger partial charge in [0.2, 0.25) is 0 Å². The molecule has 0 heterocycles. The molecule has 0 amide bonds. The van der Waals surface area contributed by atoms with Crippen molar-refractivity contribution in [2.45, 2.75) is 10.6 Å². The molecule has 0 fully saturated rings. The van der Waals surface area contributed by atoms with Crippen LogP contribution in [0.2, 0.25) is 5.02 Å². The Labute approximate surface area is 126 Å². The molecular formula is C14H9ClF2O3S. The highest BCUT2D eigenvalue weighted by molar-refractivity contribution is 7.84. The molecule has 0 radical (unpaired) electrons. The van der Waals surface area contributed by atoms with Crippen molar-refractivity contribution in [3.63, 3.8) is 0 Å². The highest BCUT2D eigenvalue weighted by Gasteiger charge is 2.15. The van der Waals surface area contributed by atoms with Crippen molar-refractivity contribution >= 4 is 28.4 Å². The van der Waals surface area contributed by atoms with Crippen molar-refractivity contribution in [1.29, 1.82) is 0 Å². The predicted molar refractivity (Wildman–Crippen MR) is 74.9 cm³/mol. The van der Waals surface area contributed by atoms with Crippen LogP contribution in [-0.4, -0.2) is 15.3 Å². The van der Waals surface area contributed by atoms with Crippen LogP contribution >= 0.6 is 11.6 Å². The van der Waals surface area contributed by atoms with Gasteiger partial charge >= 0.3 is 5.97 Å². The van der Waals surface area contributed by atoms with Gasteiger partial charge in [0.15, 0.2) is 0 Å². The lowest BCUT2D eigenvalue weighted by Gasteiger charge is -2.07. The minimum absolute atomic E-state index is 0.0816. The zero-order chi connectivity index (χ0) is 15.6. The Balaban J connectivity index is 2.32. The van der Waals surface area contributed by atoms with Gasteiger partial charge < -0.3 is 5.11 Å². The molecule has 21 heavy (non-hydrogen) atoms. The fraction of sp³-hybridized carbons (Fsp3) is 0.0714. The Morgan fingerprint density at radius 2 is 1.90 bits per heavy atom. The van der Waals surface area contributed by atoms with Gasteiger partial charge in [-0.2, -0.15) is 0 Å². The van der Waals surface area contributed by atoms with Crippen LogP contribution in [0.4, 0.5) is 8.78 Å². The summed E-state index contributed by atoms with van der Waals surface area (Å²) in [5.74, 6) is -2.68. The topological polar surface area (TPSA) is 54.4 Å². The van der Waals surface area contributed by atoms with E-state index in [2.05, 4.69) is 0 Å². The largest absolute Gasteiger partial charge is 0.478 e. The normalized spacial score (nSPS) is 12.1. The van der Waals surface area contributed by atoms with E-state index in [1.165, 1.54) is 6.07 Å². The third kappa shape index (κ3) is 3.65. The lowest BCUT2D eigenvalue weighted by Crippen LogP contribution is -2.04. The number of aromatic carboxylic acids is 1. The molecule has 0 saturated carbocycles. The van der Waals surface area contributed by atoms with E-state index >= 15 is 0 Å². The first-order chi connectivity index (χ1) is 9.88. The number of carboxylic acid groups (broad SMARTS) is 1. The van der Waals surface area contributed by atoms with E-state index < -0.39 is 28.4 Å². The van der Waals surface area contributed by atoms with Crippen molar-refractivity contribution in [1.82, 2.24) is 0 Å². The van der Waals surface area contributed by atoms with Crippen LogP contribution in [0.15, 0.2) is 41.3 Å². The Morgan fingerprint density at radius 1 is 1.19 bits per heavy atom. The smallest absolute Gasteiger partial charge is 0.335 e. The minimum atomic E-state index is -1.83. The number of benzene rings is 2. The lowest BCUT2D eigenvalue weighted by atomic mass is 10.2. The van der Waals surface area contributed by atoms with Crippen LogP contribution < -0.4 is 0 Å². The summed E-state index contributed by atoms with van der Waals surface area (Å²) < 4.78 is 38.8. The van der Waals surface area contributed by atoms with E-state index in [4.69, 9.17) is 16.7 Å². The zero-order valence-electron chi connectivity index (χ0n) is 10.5. The second kappa shape index (κ2) is 6.32. The third-order valence-electron chi connectivity index (χ3n) is 2.73. The van der Waals surface area contributed by atoms with Gasteiger partial charge in [0.25, 0.3) is 0 Å². The molecule has 110 valence electrons. The maximum atomic E-state index is 13.7. The molecule has 2 aromatic carbocycles. The van der Waals surface area contributed by atoms with Crippen molar-refractivity contribution in [2.24, 2.45) is 0 Å². The van der Waals surface area contributed by atoms with Gasteiger partial charge in [0.05, 0.1) is 27.0 Å². The van der Waals surface area contributed by atoms with Gasteiger partial charge in [0, 0.05) is 5.02 Å². The fourth-order valence-electron chi connectivity index (χ4n) is 1.67. The molecule has 0 aliphatic carbocycles. The van der Waals surface area contributed by atoms with Crippen LogP contribution in [0.5, 0.6) is 0 Å². The van der Waals surface area contributed by atoms with Crippen molar-refractivity contribution in [3.05, 3.63) is 64.2 Å². The summed E-state index contributed by atoms with van der Waals surface area (Å²) >= 11 is 5.82. The maximum Gasteiger partial charge on any atom is 0.335 e. The molecule has 2 aromatic rings. The van der Waals surface area contributed by atoms with Gasteiger partial charge in [-0.3, -0.25) is 4.21 Å². The summed E-state index contributed by atoms with van der Waals surface area (Å²) in [4.78, 5) is 10.6. The Bertz CT molecular complexity index is 734. The lowest BCUT2D eigenvalue weighted by molar-refractivity contribution is 0.0696. The van der Waals surface area contributed by atoms with Crippen LogP contribution in [-0.2, 0) is 16.6 Å². The summed E-state index contributed by atoms with van der Waals surface area (Å²) in [5, 5.41) is 8.94. The second-order valence-electron chi connectivity index (χ2n) is 4.18. The third-order valence-corrected chi connectivity index (χ3v) is 4.45. The Kier molecular flexibility index (Phi) is 4.69. The van der Waals surface area contributed by atoms with E-state index in [1.807, 2.05) is 0 Å². The molecule has 7 heteroatoms. The first-order valence-corrected chi connectivity index (χ1v) is 7.43. The number of carbonyl (C=O) groups is 1. The molecule has 1 atom stereocenters. The Hall–Kier alpha value is -1.79. The molecule has 3 nitrogen and oxygen atoms in total. The van der Waals surface area contributed by atoms with Crippen molar-refractivity contribution in [2.75, 3.05) is 0 Å². The molecule has 0 aromatic heterocycles. The first-order valence-electron chi connectivity index (χ1n) is 5.73. The van der Waals surface area contributed by atoms with E-state index in [-0.39, 0.29) is 21.2 Å². The molecule has 0 aliphatic rings. The predicted octanol–water partition coefficient (Wildman–Crippen LogP) is 3.62. The van der Waals surface area contributed by atoms with Crippen LogP contribution in [0.3, 0.4) is 0 Å². The van der Waals surface area contributed by atoms with Crippen molar-refractivity contribution < 1.29 is 22.9 Å². The summed E-state index contributed by atoms with van der Waals surface area (Å²) in [7, 11) is -1.83. The number of halogens is 3. The quantitative estimate of drug-likeness (QED) is 0.931. The number of hydrogen-bond donors (Lipinski definition) is 1. The summed E-state index contributed by atoms with van der Waals surface area (Å²) in [5.41, 5.74) is 0.224. The number of carboxylic acids is 1. The Morgan fingerprint density at radius 3 is 2.52 bits per heavy atom. The highest BCUT2D eigenvalue weighted by atomic mass is 35.5. The monoisotopic (exact) mass is 330 g/mol. The molecule has 0 bridgehead atoms. The van der Waals surface area contributed by atoms with Crippen LogP contribution in [0.25, 0.3) is 0 Å². The number of hydrogen-bond acceptors (Lipinski definition) is 2. The number of rotatable bonds is 4. The maximum absolute atomic E-state index is 13.7. The molecule has 0 saturated heterocycles. The molecule has 2 rings (SSSR count). The van der Waals surface area contributed by atoms with Gasteiger partial charge in [-0.05, 0) is 35.9 Å². The average molecular weight is 331 g/mol. The van der Waals surface area contributed by atoms with Gasteiger partial charge in [-0.25, -0.2) is 13.6 Å². The summed E-state index contributed by atoms with van der Waals surface area (Å²) in [6.07, 6.45) is 0. The van der Waals surface area contributed by atoms with E-state index in [0.717, 1.165) is 30.3 Å².